The number of hydrogen-bond acceptors (Lipinski definition) is 4. The lowest BCUT2D eigenvalue weighted by Gasteiger charge is -2.15. The number of nitrogens with zero attached hydrogens (tertiary/aromatic N) is 1. The Morgan fingerprint density at radius 1 is 1.04 bits per heavy atom. The van der Waals surface area contributed by atoms with Crippen LogP contribution in [-0.2, 0) is 0 Å². The first-order chi connectivity index (χ1) is 13.0. The number of aryl methyl sites for hydroxylation is 1. The van der Waals surface area contributed by atoms with Gasteiger partial charge in [0.25, 0.3) is 17.7 Å². The average molecular weight is 381 g/mol. The zero-order valence-corrected chi connectivity index (χ0v) is 14.9. The molecule has 0 saturated carbocycles. The van der Waals surface area contributed by atoms with Crippen LogP contribution in [0.4, 0.5) is 11.4 Å². The summed E-state index contributed by atoms with van der Waals surface area (Å²) in [6.45, 7) is 1.76. The number of hydrogen-bond donors (Lipinski definition) is 1. The topological polar surface area (TPSA) is 79.6 Å². The highest BCUT2D eigenvalue weighted by Crippen LogP contribution is 2.33. The van der Waals surface area contributed by atoms with E-state index in [0.717, 1.165) is 4.90 Å². The summed E-state index contributed by atoms with van der Waals surface area (Å²) in [4.78, 5) is 38.4. The number of carbonyl (C=O) groups is 3. The zero-order chi connectivity index (χ0) is 19.1. The molecule has 0 spiro atoms. The van der Waals surface area contributed by atoms with E-state index in [1.54, 1.807) is 43.3 Å². The second-order valence-corrected chi connectivity index (χ2v) is 6.45. The molecule has 0 aliphatic carbocycles. The predicted molar refractivity (Wildman–Crippen MR) is 100 cm³/mol. The molecule has 6 nitrogen and oxygen atoms in total. The first-order valence-electron chi connectivity index (χ1n) is 8.10. The SMILES string of the molecule is Cc1ccoc1C(=O)Nc1ccc(N2C(=O)c3ccccc3C2=O)cc1Cl. The Labute approximate surface area is 159 Å². The summed E-state index contributed by atoms with van der Waals surface area (Å²) in [6, 6.07) is 12.9. The van der Waals surface area contributed by atoms with Gasteiger partial charge in [-0.25, -0.2) is 4.90 Å². The van der Waals surface area contributed by atoms with Gasteiger partial charge in [-0.3, -0.25) is 14.4 Å². The van der Waals surface area contributed by atoms with Gasteiger partial charge in [-0.1, -0.05) is 23.7 Å². The number of carbonyl (C=O) groups excluding carboxylic acids is 3. The summed E-state index contributed by atoms with van der Waals surface area (Å²) in [5.74, 6) is -1.06. The fraction of sp³-hybridized carbons (Fsp3) is 0.0500. The molecular weight excluding hydrogens is 368 g/mol. The molecule has 134 valence electrons. The molecule has 4 rings (SSSR count). The van der Waals surface area contributed by atoms with Crippen molar-refractivity contribution in [2.75, 3.05) is 10.2 Å². The molecule has 0 bridgehead atoms. The molecule has 0 atom stereocenters. The maximum absolute atomic E-state index is 12.6. The van der Waals surface area contributed by atoms with Crippen LogP contribution in [-0.4, -0.2) is 17.7 Å². The first kappa shape index (κ1) is 17.1. The summed E-state index contributed by atoms with van der Waals surface area (Å²) in [5.41, 5.74) is 2.08. The maximum Gasteiger partial charge on any atom is 0.291 e. The first-order valence-corrected chi connectivity index (χ1v) is 8.48. The molecule has 1 aliphatic rings. The van der Waals surface area contributed by atoms with Gasteiger partial charge < -0.3 is 9.73 Å². The average Bonchev–Trinajstić information content (AvgIpc) is 3.19. The molecule has 1 N–H and O–H groups in total. The number of halogens is 1. The van der Waals surface area contributed by atoms with Gasteiger partial charge in [-0.2, -0.15) is 0 Å². The van der Waals surface area contributed by atoms with Gasteiger partial charge in [-0.15, -0.1) is 0 Å². The minimum absolute atomic E-state index is 0.190. The fourth-order valence-electron chi connectivity index (χ4n) is 2.95. The van der Waals surface area contributed by atoms with E-state index < -0.39 is 17.7 Å². The highest BCUT2D eigenvalue weighted by molar-refractivity contribution is 6.36. The Kier molecular flexibility index (Phi) is 4.05. The Morgan fingerprint density at radius 3 is 2.26 bits per heavy atom. The lowest BCUT2D eigenvalue weighted by atomic mass is 10.1. The number of fused-ring (bicyclic) bond motifs is 1. The van der Waals surface area contributed by atoms with Crippen LogP contribution in [0.1, 0.15) is 36.8 Å². The maximum atomic E-state index is 12.6. The number of benzene rings is 2. The molecule has 0 saturated heterocycles. The van der Waals surface area contributed by atoms with E-state index in [-0.39, 0.29) is 10.8 Å². The van der Waals surface area contributed by atoms with Crippen LogP contribution in [0.2, 0.25) is 5.02 Å². The minimum atomic E-state index is -0.437. The molecule has 2 heterocycles. The predicted octanol–water partition coefficient (Wildman–Crippen LogP) is 4.29. The van der Waals surface area contributed by atoms with Gasteiger partial charge in [0.2, 0.25) is 0 Å². The standard InChI is InChI=1S/C20H13ClN2O4/c1-11-8-9-27-17(11)18(24)22-16-7-6-12(10-15(16)21)23-19(25)13-4-2-3-5-14(13)20(23)26/h2-10H,1H3,(H,22,24). The summed E-state index contributed by atoms with van der Waals surface area (Å²) in [6.07, 6.45) is 1.43. The van der Waals surface area contributed by atoms with Gasteiger partial charge in [0, 0.05) is 5.56 Å². The second kappa shape index (κ2) is 6.41. The molecular formula is C20H13ClN2O4. The smallest absolute Gasteiger partial charge is 0.291 e. The third kappa shape index (κ3) is 2.80. The Morgan fingerprint density at radius 2 is 1.70 bits per heavy atom. The second-order valence-electron chi connectivity index (χ2n) is 6.04. The Hall–Kier alpha value is -3.38. The van der Waals surface area contributed by atoms with E-state index in [2.05, 4.69) is 5.32 Å². The van der Waals surface area contributed by atoms with E-state index in [1.807, 2.05) is 0 Å². The van der Waals surface area contributed by atoms with Crippen LogP contribution in [0.25, 0.3) is 0 Å². The molecule has 0 radical (unpaired) electrons. The van der Waals surface area contributed by atoms with Crippen LogP contribution in [0.5, 0.6) is 0 Å². The van der Waals surface area contributed by atoms with Crippen LogP contribution >= 0.6 is 11.6 Å². The van der Waals surface area contributed by atoms with Crippen molar-refractivity contribution in [3.8, 4) is 0 Å². The molecule has 27 heavy (non-hydrogen) atoms. The van der Waals surface area contributed by atoms with Gasteiger partial charge in [0.05, 0.1) is 33.8 Å². The monoisotopic (exact) mass is 380 g/mol. The summed E-state index contributed by atoms with van der Waals surface area (Å²) in [7, 11) is 0. The molecule has 1 aliphatic heterocycles. The molecule has 3 aromatic rings. The van der Waals surface area contributed by atoms with Crippen molar-refractivity contribution >= 4 is 40.7 Å². The van der Waals surface area contributed by atoms with E-state index in [9.17, 15) is 14.4 Å². The number of nitrogens with one attached hydrogen (secondary N) is 1. The van der Waals surface area contributed by atoms with Crippen molar-refractivity contribution in [2.45, 2.75) is 6.92 Å². The van der Waals surface area contributed by atoms with Gasteiger partial charge in [0.15, 0.2) is 5.76 Å². The van der Waals surface area contributed by atoms with Crippen molar-refractivity contribution in [3.63, 3.8) is 0 Å². The lowest BCUT2D eigenvalue weighted by molar-refractivity contribution is 0.0924. The van der Waals surface area contributed by atoms with Crippen molar-refractivity contribution in [1.29, 1.82) is 0 Å². The summed E-state index contributed by atoms with van der Waals surface area (Å²) < 4.78 is 5.15. The number of imide groups is 1. The number of furan rings is 1. The zero-order valence-electron chi connectivity index (χ0n) is 14.2. The molecule has 2 aromatic carbocycles. The molecule has 3 amide bonds. The van der Waals surface area contributed by atoms with E-state index in [1.165, 1.54) is 18.4 Å². The van der Waals surface area contributed by atoms with Crippen LogP contribution in [0.15, 0.2) is 59.2 Å². The third-order valence-electron chi connectivity index (χ3n) is 4.32. The van der Waals surface area contributed by atoms with Crippen LogP contribution in [0, 0.1) is 6.92 Å². The van der Waals surface area contributed by atoms with Crippen molar-refractivity contribution in [2.24, 2.45) is 0 Å². The van der Waals surface area contributed by atoms with Crippen LogP contribution in [0.3, 0.4) is 0 Å². The molecule has 7 heteroatoms. The fourth-order valence-corrected chi connectivity index (χ4v) is 3.17. The summed E-state index contributed by atoms with van der Waals surface area (Å²) in [5, 5.41) is 2.85. The van der Waals surface area contributed by atoms with Gasteiger partial charge in [0.1, 0.15) is 0 Å². The molecule has 0 unspecified atom stereocenters. The minimum Gasteiger partial charge on any atom is -0.459 e. The quantitative estimate of drug-likeness (QED) is 0.687. The third-order valence-corrected chi connectivity index (χ3v) is 4.63. The van der Waals surface area contributed by atoms with Crippen molar-refractivity contribution < 1.29 is 18.8 Å². The Bertz CT molecular complexity index is 1070. The largest absolute Gasteiger partial charge is 0.459 e. The highest BCUT2D eigenvalue weighted by Gasteiger charge is 2.36. The normalized spacial score (nSPS) is 13.0. The van der Waals surface area contributed by atoms with Gasteiger partial charge in [-0.05, 0) is 43.3 Å². The lowest BCUT2D eigenvalue weighted by Crippen LogP contribution is -2.29. The number of rotatable bonds is 3. The van der Waals surface area contributed by atoms with Crippen molar-refractivity contribution in [1.82, 2.24) is 0 Å². The Balaban J connectivity index is 1.61. The summed E-state index contributed by atoms with van der Waals surface area (Å²) >= 11 is 6.27. The van der Waals surface area contributed by atoms with Crippen molar-refractivity contribution in [3.05, 3.63) is 82.3 Å². The van der Waals surface area contributed by atoms with Gasteiger partial charge >= 0.3 is 0 Å². The number of amides is 3. The van der Waals surface area contributed by atoms with E-state index in [0.29, 0.717) is 28.1 Å². The molecule has 1 aromatic heterocycles. The van der Waals surface area contributed by atoms with Crippen LogP contribution < -0.4 is 10.2 Å². The highest BCUT2D eigenvalue weighted by atomic mass is 35.5. The molecule has 0 fully saturated rings. The van der Waals surface area contributed by atoms with E-state index >= 15 is 0 Å². The van der Waals surface area contributed by atoms with E-state index in [4.69, 9.17) is 16.0 Å². The number of anilines is 2.